The lowest BCUT2D eigenvalue weighted by atomic mass is 9.47. The van der Waals surface area contributed by atoms with Gasteiger partial charge in [-0.2, -0.15) is 0 Å². The molecular weight excluding hydrogens is 540 g/mol. The number of carbonyl (C=O) groups is 3. The normalized spacial score (nSPS) is 36.6. The van der Waals surface area contributed by atoms with Gasteiger partial charge in [0.2, 0.25) is 0 Å². The van der Waals surface area contributed by atoms with Gasteiger partial charge in [0, 0.05) is 13.0 Å². The topological polar surface area (TPSA) is 129 Å². The summed E-state index contributed by atoms with van der Waals surface area (Å²) in [6.07, 6.45) is -1.93. The van der Waals surface area contributed by atoms with Gasteiger partial charge in [0.05, 0.1) is 16.6 Å². The fraction of sp³-hybridized carbons (Fsp3) is 0.485. The number of ether oxygens (including phenoxy) is 4. The summed E-state index contributed by atoms with van der Waals surface area (Å²) in [5, 5.41) is 24.0. The van der Waals surface area contributed by atoms with Crippen molar-refractivity contribution in [1.82, 2.24) is 0 Å². The Morgan fingerprint density at radius 3 is 2.14 bits per heavy atom. The van der Waals surface area contributed by atoms with Crippen LogP contribution >= 0.6 is 0 Å². The van der Waals surface area contributed by atoms with E-state index >= 15 is 0 Å². The molecule has 2 aromatic rings. The number of hydrogen-bond donors (Lipinski definition) is 2. The molecule has 0 unspecified atom stereocenters. The van der Waals surface area contributed by atoms with E-state index in [2.05, 4.69) is 0 Å². The highest BCUT2D eigenvalue weighted by Gasteiger charge is 2.82. The van der Waals surface area contributed by atoms with Crippen LogP contribution in [0.15, 0.2) is 66.7 Å². The maximum atomic E-state index is 13.4. The second-order valence-electron chi connectivity index (χ2n) is 12.5. The first-order chi connectivity index (χ1) is 19.7. The summed E-state index contributed by atoms with van der Waals surface area (Å²) >= 11 is 0. The van der Waals surface area contributed by atoms with Crippen LogP contribution in [0.5, 0.6) is 0 Å². The van der Waals surface area contributed by atoms with E-state index in [9.17, 15) is 24.6 Å². The predicted molar refractivity (Wildman–Crippen MR) is 152 cm³/mol. The van der Waals surface area contributed by atoms with Crippen LogP contribution in [0.2, 0.25) is 0 Å². The minimum absolute atomic E-state index is 0.174. The van der Waals surface area contributed by atoms with Gasteiger partial charge >= 0.3 is 17.9 Å². The van der Waals surface area contributed by atoms with Gasteiger partial charge in [0.1, 0.15) is 29.5 Å². The van der Waals surface area contributed by atoms with Gasteiger partial charge in [0.25, 0.3) is 0 Å². The van der Waals surface area contributed by atoms with E-state index < -0.39 is 64.5 Å². The van der Waals surface area contributed by atoms with Gasteiger partial charge < -0.3 is 29.2 Å². The maximum absolute atomic E-state index is 13.4. The number of carbonyl (C=O) groups excluding carboxylic acids is 3. The highest BCUT2D eigenvalue weighted by molar-refractivity contribution is 5.89. The zero-order chi connectivity index (χ0) is 30.5. The number of fused-ring (bicyclic) bond motifs is 1. The molecule has 1 heterocycles. The van der Waals surface area contributed by atoms with Crippen molar-refractivity contribution in [1.29, 1.82) is 0 Å². The molecular formula is C33H38O9. The first kappa shape index (κ1) is 29.9. The highest BCUT2D eigenvalue weighted by Crippen LogP contribution is 2.68. The Balaban J connectivity index is 1.60. The Kier molecular flexibility index (Phi) is 7.58. The Hall–Kier alpha value is -3.53. The van der Waals surface area contributed by atoms with Crippen LogP contribution in [0.1, 0.15) is 63.4 Å². The molecule has 224 valence electrons. The molecule has 1 saturated heterocycles. The molecule has 0 amide bonds. The quantitative estimate of drug-likeness (QED) is 0.298. The summed E-state index contributed by atoms with van der Waals surface area (Å²) in [4.78, 5) is 38.9. The van der Waals surface area contributed by atoms with Crippen molar-refractivity contribution in [3.63, 3.8) is 0 Å². The molecule has 2 N–H and O–H groups in total. The Morgan fingerprint density at radius 1 is 0.905 bits per heavy atom. The molecule has 5 rings (SSSR count). The standard InChI is InChI=1S/C33H38O9/c1-20(34)39-28-26(36)27(41-29(37)22-14-10-7-11-15-22)31(4)24(40-25(35)17-16-21-12-8-6-9-13-21)18-23-19-33(31,32(28,5)38)42-30(23,2)3/h6-17,23-24,26-28,36,38H,18-19H2,1-5H3/b17-16+/t23-,24+,26+,27+,28+,31-,32+,33-/m1/s1. The third-order valence-corrected chi connectivity index (χ3v) is 9.58. The zero-order valence-corrected chi connectivity index (χ0v) is 24.5. The van der Waals surface area contributed by atoms with Gasteiger partial charge in [-0.3, -0.25) is 4.79 Å². The Morgan fingerprint density at radius 2 is 1.52 bits per heavy atom. The van der Waals surface area contributed by atoms with Crippen molar-refractivity contribution < 1.29 is 43.5 Å². The fourth-order valence-electron chi connectivity index (χ4n) is 7.36. The van der Waals surface area contributed by atoms with Crippen molar-refractivity contribution >= 4 is 24.0 Å². The molecule has 1 aliphatic heterocycles. The third kappa shape index (κ3) is 4.73. The number of esters is 3. The second kappa shape index (κ2) is 10.6. The Labute approximate surface area is 245 Å². The summed E-state index contributed by atoms with van der Waals surface area (Å²) in [6.45, 7) is 8.11. The molecule has 1 spiro atoms. The van der Waals surface area contributed by atoms with E-state index in [0.29, 0.717) is 12.8 Å². The van der Waals surface area contributed by atoms with Crippen molar-refractivity contribution in [2.24, 2.45) is 11.3 Å². The molecule has 8 atom stereocenters. The summed E-state index contributed by atoms with van der Waals surface area (Å²) in [6, 6.07) is 17.5. The van der Waals surface area contributed by atoms with Crippen LogP contribution in [-0.4, -0.2) is 69.3 Å². The fourth-order valence-corrected chi connectivity index (χ4v) is 7.36. The summed E-state index contributed by atoms with van der Waals surface area (Å²) in [7, 11) is 0. The van der Waals surface area contributed by atoms with E-state index in [1.54, 1.807) is 43.3 Å². The number of benzene rings is 2. The number of rotatable bonds is 6. The predicted octanol–water partition coefficient (Wildman–Crippen LogP) is 3.86. The van der Waals surface area contributed by atoms with Crippen LogP contribution in [0.4, 0.5) is 0 Å². The van der Waals surface area contributed by atoms with Gasteiger partial charge in [-0.25, -0.2) is 9.59 Å². The largest absolute Gasteiger partial charge is 0.458 e. The minimum Gasteiger partial charge on any atom is -0.458 e. The average molecular weight is 579 g/mol. The lowest BCUT2D eigenvalue weighted by Crippen LogP contribution is -2.82. The molecule has 2 aliphatic carbocycles. The average Bonchev–Trinajstić information content (AvgIpc) is 3.20. The van der Waals surface area contributed by atoms with Crippen molar-refractivity contribution in [3.8, 4) is 0 Å². The zero-order valence-electron chi connectivity index (χ0n) is 24.5. The maximum Gasteiger partial charge on any atom is 0.338 e. The summed E-state index contributed by atoms with van der Waals surface area (Å²) in [5.41, 5.74) is -4.70. The van der Waals surface area contributed by atoms with Crippen LogP contribution in [-0.2, 0) is 28.5 Å². The lowest BCUT2D eigenvalue weighted by molar-refractivity contribution is -0.351. The minimum atomic E-state index is -1.96. The van der Waals surface area contributed by atoms with Gasteiger partial charge in [-0.1, -0.05) is 48.5 Å². The van der Waals surface area contributed by atoms with Crippen LogP contribution in [0.25, 0.3) is 6.08 Å². The SMILES string of the molecule is CC(=O)O[C@H]1[C@@H](O)[C@H](OC(=O)c2ccccc2)[C@@]2(C)[C@@H](OC(=O)/C=C/c3ccccc3)C[C@@H]3C[C@]2(OC3(C)C)[C@@]1(C)O. The van der Waals surface area contributed by atoms with Crippen LogP contribution in [0, 0.1) is 11.3 Å². The first-order valence-electron chi connectivity index (χ1n) is 14.2. The molecule has 0 radical (unpaired) electrons. The number of hydrogen-bond acceptors (Lipinski definition) is 9. The molecule has 2 aromatic carbocycles. The van der Waals surface area contributed by atoms with E-state index in [0.717, 1.165) is 5.56 Å². The van der Waals surface area contributed by atoms with Crippen molar-refractivity contribution in [2.75, 3.05) is 0 Å². The smallest absolute Gasteiger partial charge is 0.338 e. The van der Waals surface area contributed by atoms with Gasteiger partial charge in [-0.15, -0.1) is 0 Å². The van der Waals surface area contributed by atoms with E-state index in [1.165, 1.54) is 19.9 Å². The molecule has 2 saturated carbocycles. The van der Waals surface area contributed by atoms with E-state index in [4.69, 9.17) is 18.9 Å². The van der Waals surface area contributed by atoms with Crippen molar-refractivity contribution in [2.45, 2.75) is 88.7 Å². The Bertz CT molecular complexity index is 1370. The number of aliphatic hydroxyl groups excluding tert-OH is 1. The van der Waals surface area contributed by atoms with Crippen LogP contribution < -0.4 is 0 Å². The van der Waals surface area contributed by atoms with Crippen molar-refractivity contribution in [3.05, 3.63) is 77.9 Å². The molecule has 3 aliphatic rings. The first-order valence-corrected chi connectivity index (χ1v) is 14.2. The van der Waals surface area contributed by atoms with Gasteiger partial charge in [-0.05, 0) is 70.2 Å². The van der Waals surface area contributed by atoms with E-state index in [1.807, 2.05) is 44.2 Å². The monoisotopic (exact) mass is 578 g/mol. The molecule has 3 fully saturated rings. The van der Waals surface area contributed by atoms with Gasteiger partial charge in [0.15, 0.2) is 6.10 Å². The summed E-state index contributed by atoms with van der Waals surface area (Å²) < 4.78 is 24.4. The molecule has 0 aromatic heterocycles. The summed E-state index contributed by atoms with van der Waals surface area (Å²) in [5.74, 6) is -2.27. The lowest BCUT2D eigenvalue weighted by Gasteiger charge is -2.65. The molecule has 9 heteroatoms. The molecule has 2 bridgehead atoms. The number of aliphatic hydroxyl groups is 2. The second-order valence-corrected chi connectivity index (χ2v) is 12.5. The van der Waals surface area contributed by atoms with Crippen LogP contribution in [0.3, 0.4) is 0 Å². The third-order valence-electron chi connectivity index (χ3n) is 9.58. The molecule has 42 heavy (non-hydrogen) atoms. The highest BCUT2D eigenvalue weighted by atomic mass is 16.6. The van der Waals surface area contributed by atoms with E-state index in [-0.39, 0.29) is 11.5 Å². The molecule has 9 nitrogen and oxygen atoms in total.